The third-order valence-corrected chi connectivity index (χ3v) is 7.27. The minimum atomic E-state index is 0.0571. The second-order valence-corrected chi connectivity index (χ2v) is 11.0. The van der Waals surface area contributed by atoms with Crippen LogP contribution in [-0.2, 0) is 19.6 Å². The SMILES string of the molecule is CC(C)c1cc(C=NNC2CCc3cc(Br)ccc3N2)c(OCc2ccccc2)cc1OCc1ccccc1. The molecule has 5 rings (SSSR count). The van der Waals surface area contributed by atoms with Gasteiger partial charge in [0.1, 0.15) is 30.9 Å². The average molecular weight is 585 g/mol. The first-order valence-electron chi connectivity index (χ1n) is 13.4. The Kier molecular flexibility index (Phi) is 8.84. The Hall–Kier alpha value is -3.77. The lowest BCUT2D eigenvalue weighted by Crippen LogP contribution is -2.36. The van der Waals surface area contributed by atoms with E-state index in [-0.39, 0.29) is 12.1 Å². The summed E-state index contributed by atoms with van der Waals surface area (Å²) >= 11 is 3.56. The number of hydrogen-bond donors (Lipinski definition) is 2. The second-order valence-electron chi connectivity index (χ2n) is 10.1. The van der Waals surface area contributed by atoms with Gasteiger partial charge in [0.2, 0.25) is 0 Å². The Morgan fingerprint density at radius 1 is 0.897 bits per heavy atom. The molecular formula is C33H34BrN3O2. The standard InChI is InChI=1S/C33H34BrN3O2/c1-23(2)29-18-27(20-35-37-33-16-13-26-17-28(34)14-15-30(26)36-33)31(38-21-24-9-5-3-6-10-24)19-32(29)39-22-25-11-7-4-8-12-25/h3-12,14-15,17-20,23,33,36-37H,13,16,21-22H2,1-2H3. The number of hydrazone groups is 1. The lowest BCUT2D eigenvalue weighted by atomic mass is 9.99. The van der Waals surface area contributed by atoms with Crippen LogP contribution in [0, 0.1) is 0 Å². The average Bonchev–Trinajstić information content (AvgIpc) is 2.96. The van der Waals surface area contributed by atoms with Crippen molar-refractivity contribution in [2.45, 2.75) is 52.0 Å². The van der Waals surface area contributed by atoms with Gasteiger partial charge in [-0.2, -0.15) is 5.10 Å². The van der Waals surface area contributed by atoms with E-state index in [0.717, 1.165) is 56.8 Å². The molecule has 0 aliphatic carbocycles. The minimum absolute atomic E-state index is 0.0571. The summed E-state index contributed by atoms with van der Waals surface area (Å²) in [6, 6.07) is 30.9. The van der Waals surface area contributed by atoms with Gasteiger partial charge in [-0.15, -0.1) is 0 Å². The summed E-state index contributed by atoms with van der Waals surface area (Å²) in [6.45, 7) is 5.32. The zero-order chi connectivity index (χ0) is 27.0. The molecule has 1 aliphatic rings. The summed E-state index contributed by atoms with van der Waals surface area (Å²) in [6.07, 6.45) is 3.85. The van der Waals surface area contributed by atoms with Gasteiger partial charge in [-0.05, 0) is 65.3 Å². The van der Waals surface area contributed by atoms with Crippen LogP contribution in [0.5, 0.6) is 11.5 Å². The zero-order valence-corrected chi connectivity index (χ0v) is 23.9. The monoisotopic (exact) mass is 583 g/mol. The van der Waals surface area contributed by atoms with Gasteiger partial charge >= 0.3 is 0 Å². The fourth-order valence-electron chi connectivity index (χ4n) is 4.63. The quantitative estimate of drug-likeness (QED) is 0.146. The fourth-order valence-corrected chi connectivity index (χ4v) is 5.04. The van der Waals surface area contributed by atoms with Gasteiger partial charge in [0.25, 0.3) is 0 Å². The van der Waals surface area contributed by atoms with Crippen LogP contribution in [0.4, 0.5) is 5.69 Å². The number of nitrogens with zero attached hydrogens (tertiary/aromatic N) is 1. The predicted octanol–water partition coefficient (Wildman–Crippen LogP) is 8.04. The van der Waals surface area contributed by atoms with Crippen molar-refractivity contribution in [3.05, 3.63) is 123 Å². The van der Waals surface area contributed by atoms with Crippen molar-refractivity contribution < 1.29 is 9.47 Å². The Morgan fingerprint density at radius 2 is 1.56 bits per heavy atom. The number of anilines is 1. The first kappa shape index (κ1) is 26.8. The van der Waals surface area contributed by atoms with Gasteiger partial charge < -0.3 is 14.8 Å². The largest absolute Gasteiger partial charge is 0.488 e. The molecule has 4 aromatic carbocycles. The van der Waals surface area contributed by atoms with Gasteiger partial charge in [-0.1, -0.05) is 90.4 Å². The molecule has 0 saturated carbocycles. The molecular weight excluding hydrogens is 550 g/mol. The molecule has 5 nitrogen and oxygen atoms in total. The Balaban J connectivity index is 1.36. The zero-order valence-electron chi connectivity index (χ0n) is 22.4. The number of ether oxygens (including phenoxy) is 2. The van der Waals surface area contributed by atoms with E-state index in [4.69, 9.17) is 9.47 Å². The maximum Gasteiger partial charge on any atom is 0.132 e. The molecule has 0 saturated heterocycles. The number of aryl methyl sites for hydroxylation is 1. The molecule has 6 heteroatoms. The third-order valence-electron chi connectivity index (χ3n) is 6.77. The van der Waals surface area contributed by atoms with Crippen LogP contribution in [0.2, 0.25) is 0 Å². The summed E-state index contributed by atoms with van der Waals surface area (Å²) in [7, 11) is 0. The molecule has 1 heterocycles. The molecule has 1 aliphatic heterocycles. The lowest BCUT2D eigenvalue weighted by Gasteiger charge is -2.26. The summed E-state index contributed by atoms with van der Waals surface area (Å²) in [5.74, 6) is 1.84. The Morgan fingerprint density at radius 3 is 2.23 bits per heavy atom. The van der Waals surface area contributed by atoms with E-state index in [1.165, 1.54) is 5.56 Å². The Bertz CT molecular complexity index is 1410. The van der Waals surface area contributed by atoms with Crippen LogP contribution in [0.1, 0.15) is 54.0 Å². The van der Waals surface area contributed by atoms with Gasteiger partial charge in [0, 0.05) is 21.8 Å². The fraction of sp³-hybridized carbons (Fsp3) is 0.242. The van der Waals surface area contributed by atoms with Gasteiger partial charge in [-0.3, -0.25) is 5.43 Å². The van der Waals surface area contributed by atoms with E-state index < -0.39 is 0 Å². The van der Waals surface area contributed by atoms with Crippen LogP contribution >= 0.6 is 15.9 Å². The molecule has 0 fully saturated rings. The van der Waals surface area contributed by atoms with Crippen molar-refractivity contribution in [2.75, 3.05) is 5.32 Å². The molecule has 0 amide bonds. The van der Waals surface area contributed by atoms with Crippen LogP contribution < -0.4 is 20.2 Å². The smallest absolute Gasteiger partial charge is 0.132 e. The normalized spacial score (nSPS) is 14.6. The highest BCUT2D eigenvalue weighted by Crippen LogP contribution is 2.34. The summed E-state index contributed by atoms with van der Waals surface area (Å²) in [5.41, 5.74) is 10.0. The van der Waals surface area contributed by atoms with E-state index in [2.05, 4.69) is 94.2 Å². The topological polar surface area (TPSA) is 54.9 Å². The Labute approximate surface area is 239 Å². The molecule has 1 unspecified atom stereocenters. The molecule has 0 bridgehead atoms. The summed E-state index contributed by atoms with van der Waals surface area (Å²) in [4.78, 5) is 0. The van der Waals surface area contributed by atoms with Crippen molar-refractivity contribution in [2.24, 2.45) is 5.10 Å². The number of nitrogens with one attached hydrogen (secondary N) is 2. The van der Waals surface area contributed by atoms with Crippen LogP contribution in [-0.4, -0.2) is 12.4 Å². The number of hydrogen-bond acceptors (Lipinski definition) is 5. The lowest BCUT2D eigenvalue weighted by molar-refractivity contribution is 0.287. The highest BCUT2D eigenvalue weighted by molar-refractivity contribution is 9.10. The van der Waals surface area contributed by atoms with Crippen LogP contribution in [0.25, 0.3) is 0 Å². The van der Waals surface area contributed by atoms with Gasteiger partial charge in [-0.25, -0.2) is 0 Å². The number of benzene rings is 4. The van der Waals surface area contributed by atoms with Crippen molar-refractivity contribution in [1.82, 2.24) is 5.43 Å². The molecule has 1 atom stereocenters. The summed E-state index contributed by atoms with van der Waals surface area (Å²) in [5, 5.41) is 8.17. The van der Waals surface area contributed by atoms with Crippen molar-refractivity contribution in [3.8, 4) is 11.5 Å². The van der Waals surface area contributed by atoms with Crippen LogP contribution in [0.3, 0.4) is 0 Å². The maximum absolute atomic E-state index is 6.33. The highest BCUT2D eigenvalue weighted by atomic mass is 79.9. The van der Waals surface area contributed by atoms with E-state index in [1.807, 2.05) is 48.7 Å². The van der Waals surface area contributed by atoms with Crippen LogP contribution in [0.15, 0.2) is 101 Å². The van der Waals surface area contributed by atoms with Gasteiger partial charge in [0.15, 0.2) is 0 Å². The predicted molar refractivity (Wildman–Crippen MR) is 163 cm³/mol. The molecule has 4 aromatic rings. The third kappa shape index (κ3) is 7.21. The molecule has 2 N–H and O–H groups in total. The van der Waals surface area contributed by atoms with Crippen molar-refractivity contribution in [1.29, 1.82) is 0 Å². The maximum atomic E-state index is 6.33. The van der Waals surface area contributed by atoms with E-state index >= 15 is 0 Å². The number of halogens is 1. The highest BCUT2D eigenvalue weighted by Gasteiger charge is 2.18. The second kappa shape index (κ2) is 12.9. The van der Waals surface area contributed by atoms with E-state index in [9.17, 15) is 0 Å². The molecule has 39 heavy (non-hydrogen) atoms. The molecule has 200 valence electrons. The number of rotatable bonds is 10. The van der Waals surface area contributed by atoms with Crippen molar-refractivity contribution in [3.63, 3.8) is 0 Å². The summed E-state index contributed by atoms with van der Waals surface area (Å²) < 4.78 is 13.8. The van der Waals surface area contributed by atoms with E-state index in [1.54, 1.807) is 0 Å². The molecule has 0 spiro atoms. The minimum Gasteiger partial charge on any atom is -0.488 e. The molecule has 0 radical (unpaired) electrons. The van der Waals surface area contributed by atoms with Gasteiger partial charge in [0.05, 0.1) is 6.21 Å². The molecule has 0 aromatic heterocycles. The van der Waals surface area contributed by atoms with Crippen molar-refractivity contribution >= 4 is 27.8 Å². The van der Waals surface area contributed by atoms with E-state index in [0.29, 0.717) is 13.2 Å². The number of fused-ring (bicyclic) bond motifs is 1. The first-order chi connectivity index (χ1) is 19.0. The first-order valence-corrected chi connectivity index (χ1v) is 14.2.